The van der Waals surface area contributed by atoms with Crippen LogP contribution in [-0.4, -0.2) is 6.29 Å². The molecule has 64 valence electrons. The minimum Gasteiger partial charge on any atom is -0.398 e. The lowest BCUT2D eigenvalue weighted by Gasteiger charge is -2.05. The molecule has 0 heterocycles. The summed E-state index contributed by atoms with van der Waals surface area (Å²) in [7, 11) is 0. The minimum absolute atomic E-state index is 0.188. The van der Waals surface area contributed by atoms with Crippen LogP contribution in [0.25, 0.3) is 0 Å². The number of nitrogens with two attached hydrogens (primary N) is 1. The second-order valence-corrected chi connectivity index (χ2v) is 3.21. The summed E-state index contributed by atoms with van der Waals surface area (Å²) < 4.78 is 13.3. The first-order valence-corrected chi connectivity index (χ1v) is 4.06. The van der Waals surface area contributed by atoms with Crippen molar-refractivity contribution in [3.05, 3.63) is 27.5 Å². The maximum atomic E-state index is 12.9. The molecule has 0 saturated carbocycles. The molecule has 0 atom stereocenters. The first-order chi connectivity index (χ1) is 5.57. The molecule has 0 aliphatic heterocycles. The summed E-state index contributed by atoms with van der Waals surface area (Å²) in [5.41, 5.74) is 6.59. The van der Waals surface area contributed by atoms with E-state index in [4.69, 9.17) is 5.73 Å². The lowest BCUT2D eigenvalue weighted by molar-refractivity contribution is 0.112. The van der Waals surface area contributed by atoms with E-state index in [0.717, 1.165) is 6.07 Å². The largest absolute Gasteiger partial charge is 0.398 e. The summed E-state index contributed by atoms with van der Waals surface area (Å²) in [4.78, 5) is 10.4. The zero-order valence-corrected chi connectivity index (χ0v) is 7.98. The SMILES string of the molecule is Cc1c(N)c(C=O)cc(F)c1Br. The molecule has 4 heteroatoms. The maximum Gasteiger partial charge on any atom is 0.152 e. The van der Waals surface area contributed by atoms with E-state index in [-0.39, 0.29) is 5.56 Å². The normalized spacial score (nSPS) is 9.92. The zero-order valence-electron chi connectivity index (χ0n) is 6.40. The molecule has 0 aliphatic rings. The van der Waals surface area contributed by atoms with Crippen molar-refractivity contribution in [2.24, 2.45) is 0 Å². The Morgan fingerprint density at radius 3 is 2.75 bits per heavy atom. The number of benzene rings is 1. The number of anilines is 1. The molecule has 1 aromatic rings. The van der Waals surface area contributed by atoms with Crippen LogP contribution >= 0.6 is 15.9 Å². The second-order valence-electron chi connectivity index (χ2n) is 2.42. The van der Waals surface area contributed by atoms with E-state index < -0.39 is 5.82 Å². The van der Waals surface area contributed by atoms with Gasteiger partial charge >= 0.3 is 0 Å². The molecule has 0 aliphatic carbocycles. The van der Waals surface area contributed by atoms with Gasteiger partial charge in [-0.15, -0.1) is 0 Å². The summed E-state index contributed by atoms with van der Waals surface area (Å²) >= 11 is 3.02. The van der Waals surface area contributed by atoms with Crippen LogP contribution < -0.4 is 5.73 Å². The van der Waals surface area contributed by atoms with Crippen molar-refractivity contribution in [1.29, 1.82) is 0 Å². The molecular formula is C8H7BrFNO. The van der Waals surface area contributed by atoms with Crippen LogP contribution in [0.2, 0.25) is 0 Å². The fourth-order valence-electron chi connectivity index (χ4n) is 0.889. The predicted octanol–water partition coefficient (Wildman–Crippen LogP) is 2.29. The topological polar surface area (TPSA) is 43.1 Å². The van der Waals surface area contributed by atoms with Gasteiger partial charge in [0.1, 0.15) is 5.82 Å². The van der Waals surface area contributed by atoms with Gasteiger partial charge in [-0.25, -0.2) is 4.39 Å². The number of nitrogen functional groups attached to an aromatic ring is 1. The molecule has 2 nitrogen and oxygen atoms in total. The molecule has 12 heavy (non-hydrogen) atoms. The van der Waals surface area contributed by atoms with Crippen molar-refractivity contribution in [2.75, 3.05) is 5.73 Å². The Bertz CT molecular complexity index is 338. The van der Waals surface area contributed by atoms with Gasteiger partial charge in [0.2, 0.25) is 0 Å². The van der Waals surface area contributed by atoms with Crippen LogP contribution in [-0.2, 0) is 0 Å². The molecule has 1 aromatic carbocycles. The average Bonchev–Trinajstić information content (AvgIpc) is 2.08. The molecule has 0 fully saturated rings. The van der Waals surface area contributed by atoms with Gasteiger partial charge in [-0.3, -0.25) is 4.79 Å². The van der Waals surface area contributed by atoms with E-state index in [9.17, 15) is 9.18 Å². The van der Waals surface area contributed by atoms with Crippen LogP contribution in [0.15, 0.2) is 10.5 Å². The van der Waals surface area contributed by atoms with Gasteiger partial charge in [0.15, 0.2) is 6.29 Å². The van der Waals surface area contributed by atoms with Crippen LogP contribution in [0.1, 0.15) is 15.9 Å². The molecule has 0 bridgehead atoms. The Balaban J connectivity index is 3.49. The van der Waals surface area contributed by atoms with Gasteiger partial charge in [0.05, 0.1) is 4.47 Å². The van der Waals surface area contributed by atoms with Gasteiger partial charge in [-0.05, 0) is 34.5 Å². The second kappa shape index (κ2) is 3.23. The number of rotatable bonds is 1. The molecule has 0 radical (unpaired) electrons. The van der Waals surface area contributed by atoms with E-state index in [0.29, 0.717) is 22.0 Å². The Morgan fingerprint density at radius 2 is 2.25 bits per heavy atom. The molecule has 2 N–H and O–H groups in total. The van der Waals surface area contributed by atoms with Crippen LogP contribution in [0.5, 0.6) is 0 Å². The van der Waals surface area contributed by atoms with E-state index in [1.807, 2.05) is 0 Å². The molecule has 1 rings (SSSR count). The maximum absolute atomic E-state index is 12.9. The van der Waals surface area contributed by atoms with Gasteiger partial charge in [0.25, 0.3) is 0 Å². The van der Waals surface area contributed by atoms with Crippen molar-refractivity contribution in [1.82, 2.24) is 0 Å². The number of hydrogen-bond acceptors (Lipinski definition) is 2. The number of hydrogen-bond donors (Lipinski definition) is 1. The highest BCUT2D eigenvalue weighted by atomic mass is 79.9. The highest BCUT2D eigenvalue weighted by Crippen LogP contribution is 2.27. The highest BCUT2D eigenvalue weighted by molar-refractivity contribution is 9.10. The van der Waals surface area contributed by atoms with E-state index >= 15 is 0 Å². The van der Waals surface area contributed by atoms with Gasteiger partial charge in [-0.1, -0.05) is 0 Å². The Hall–Kier alpha value is -0.900. The van der Waals surface area contributed by atoms with Gasteiger partial charge in [-0.2, -0.15) is 0 Å². The van der Waals surface area contributed by atoms with Crippen molar-refractivity contribution in [3.8, 4) is 0 Å². The van der Waals surface area contributed by atoms with Crippen molar-refractivity contribution < 1.29 is 9.18 Å². The third-order valence-electron chi connectivity index (χ3n) is 1.66. The first-order valence-electron chi connectivity index (χ1n) is 3.27. The first kappa shape index (κ1) is 9.19. The lowest BCUT2D eigenvalue weighted by Crippen LogP contribution is -1.99. The minimum atomic E-state index is -0.469. The summed E-state index contributed by atoms with van der Waals surface area (Å²) in [6.07, 6.45) is 0.540. The van der Waals surface area contributed by atoms with Gasteiger partial charge in [0, 0.05) is 11.3 Å². The molecule has 0 amide bonds. The van der Waals surface area contributed by atoms with Crippen LogP contribution in [0, 0.1) is 12.7 Å². The van der Waals surface area contributed by atoms with Gasteiger partial charge < -0.3 is 5.73 Å². The monoisotopic (exact) mass is 231 g/mol. The molecule has 0 saturated heterocycles. The smallest absolute Gasteiger partial charge is 0.152 e. The van der Waals surface area contributed by atoms with E-state index in [1.165, 1.54) is 0 Å². The highest BCUT2D eigenvalue weighted by Gasteiger charge is 2.09. The van der Waals surface area contributed by atoms with Crippen molar-refractivity contribution >= 4 is 27.9 Å². The third kappa shape index (κ3) is 1.34. The fourth-order valence-corrected chi connectivity index (χ4v) is 1.22. The summed E-state index contributed by atoms with van der Waals surface area (Å²) in [5.74, 6) is -0.469. The molecular weight excluding hydrogens is 225 g/mol. The Labute approximate surface area is 77.7 Å². The number of aldehydes is 1. The van der Waals surface area contributed by atoms with Crippen molar-refractivity contribution in [3.63, 3.8) is 0 Å². The fraction of sp³-hybridized carbons (Fsp3) is 0.125. The Morgan fingerprint density at radius 1 is 1.67 bits per heavy atom. The molecule has 0 spiro atoms. The van der Waals surface area contributed by atoms with Crippen LogP contribution in [0.3, 0.4) is 0 Å². The molecule has 0 unspecified atom stereocenters. The Kier molecular flexibility index (Phi) is 2.47. The van der Waals surface area contributed by atoms with E-state index in [1.54, 1.807) is 6.92 Å². The standard InChI is InChI=1S/C8H7BrFNO/c1-4-7(9)6(10)2-5(3-12)8(4)11/h2-3H,11H2,1H3. The zero-order chi connectivity index (χ0) is 9.30. The lowest BCUT2D eigenvalue weighted by atomic mass is 10.1. The average molecular weight is 232 g/mol. The summed E-state index contributed by atoms with van der Waals surface area (Å²) in [6.45, 7) is 1.65. The number of halogens is 2. The quantitative estimate of drug-likeness (QED) is 0.596. The van der Waals surface area contributed by atoms with Crippen LogP contribution in [0.4, 0.5) is 10.1 Å². The summed E-state index contributed by atoms with van der Waals surface area (Å²) in [6, 6.07) is 1.11. The third-order valence-corrected chi connectivity index (χ3v) is 2.64. The summed E-state index contributed by atoms with van der Waals surface area (Å²) in [5, 5.41) is 0. The van der Waals surface area contributed by atoms with Crippen molar-refractivity contribution in [2.45, 2.75) is 6.92 Å². The molecule has 0 aromatic heterocycles. The van der Waals surface area contributed by atoms with E-state index in [2.05, 4.69) is 15.9 Å². The number of carbonyl (C=O) groups excluding carboxylic acids is 1. The predicted molar refractivity (Wildman–Crippen MR) is 48.6 cm³/mol. The number of carbonyl (C=O) groups is 1.